The summed E-state index contributed by atoms with van der Waals surface area (Å²) in [5.74, 6) is 0.565. The molecule has 6 heteroatoms. The number of thioether (sulfide) groups is 1. The molecule has 0 bridgehead atoms. The van der Waals surface area contributed by atoms with Gasteiger partial charge in [0, 0.05) is 17.1 Å². The summed E-state index contributed by atoms with van der Waals surface area (Å²) in [5, 5.41) is 4.82. The summed E-state index contributed by atoms with van der Waals surface area (Å²) in [4.78, 5) is 17.0. The molecule has 26 heavy (non-hydrogen) atoms. The number of ether oxygens (including phenoxy) is 1. The van der Waals surface area contributed by atoms with Gasteiger partial charge in [-0.1, -0.05) is 54.3 Å². The number of benzene rings is 2. The van der Waals surface area contributed by atoms with E-state index in [0.717, 1.165) is 33.3 Å². The summed E-state index contributed by atoms with van der Waals surface area (Å²) in [6, 6.07) is 15.9. The molecule has 1 aliphatic heterocycles. The second-order valence-corrected chi connectivity index (χ2v) is 7.45. The van der Waals surface area contributed by atoms with Gasteiger partial charge in [0.15, 0.2) is 0 Å². The highest BCUT2D eigenvalue weighted by atomic mass is 32.2. The quantitative estimate of drug-likeness (QED) is 0.541. The summed E-state index contributed by atoms with van der Waals surface area (Å²) in [7, 11) is 1.64. The molecule has 1 aliphatic rings. The lowest BCUT2D eigenvalue weighted by atomic mass is 10.0. The lowest BCUT2D eigenvalue weighted by Gasteiger charge is -2.10. The first-order chi connectivity index (χ1) is 12.6. The molecule has 0 unspecified atom stereocenters. The van der Waals surface area contributed by atoms with E-state index in [0.29, 0.717) is 9.23 Å². The molecule has 0 aliphatic carbocycles. The molecule has 1 amide bonds. The minimum Gasteiger partial charge on any atom is -0.496 e. The number of pyridine rings is 1. The van der Waals surface area contributed by atoms with Gasteiger partial charge in [-0.25, -0.2) is 0 Å². The number of fused-ring (bicyclic) bond motifs is 1. The molecule has 0 spiro atoms. The second kappa shape index (κ2) is 6.90. The monoisotopic (exact) mass is 378 g/mol. The van der Waals surface area contributed by atoms with Crippen LogP contribution in [0.2, 0.25) is 0 Å². The third-order valence-electron chi connectivity index (χ3n) is 4.07. The third-order valence-corrected chi connectivity index (χ3v) is 5.23. The molecule has 3 aromatic rings. The fourth-order valence-corrected chi connectivity index (χ4v) is 3.86. The maximum Gasteiger partial charge on any atom is 0.263 e. The SMILES string of the molecule is COc1ccc(/C=C2\SC(=S)NC2=O)cc1-c1cc2ccccc2cn1. The predicted octanol–water partition coefficient (Wildman–Crippen LogP) is 4.40. The molecule has 1 aromatic heterocycles. The number of amides is 1. The van der Waals surface area contributed by atoms with Gasteiger partial charge in [0.25, 0.3) is 5.91 Å². The minimum absolute atomic E-state index is 0.166. The first kappa shape index (κ1) is 16.8. The van der Waals surface area contributed by atoms with Crippen molar-refractivity contribution in [3.63, 3.8) is 0 Å². The average molecular weight is 378 g/mol. The van der Waals surface area contributed by atoms with E-state index >= 15 is 0 Å². The number of hydrogen-bond acceptors (Lipinski definition) is 5. The van der Waals surface area contributed by atoms with Crippen LogP contribution in [-0.2, 0) is 4.79 Å². The van der Waals surface area contributed by atoms with Crippen LogP contribution in [0.25, 0.3) is 28.1 Å². The molecule has 0 atom stereocenters. The van der Waals surface area contributed by atoms with Crippen LogP contribution in [0.3, 0.4) is 0 Å². The van der Waals surface area contributed by atoms with Crippen LogP contribution in [0.5, 0.6) is 5.75 Å². The Labute approximate surface area is 160 Å². The maximum absolute atomic E-state index is 11.9. The lowest BCUT2D eigenvalue weighted by molar-refractivity contribution is -0.115. The predicted molar refractivity (Wildman–Crippen MR) is 110 cm³/mol. The Morgan fingerprint density at radius 3 is 2.69 bits per heavy atom. The number of hydrogen-bond donors (Lipinski definition) is 1. The van der Waals surface area contributed by atoms with Crippen LogP contribution >= 0.6 is 24.0 Å². The van der Waals surface area contributed by atoms with E-state index < -0.39 is 0 Å². The zero-order chi connectivity index (χ0) is 18.1. The van der Waals surface area contributed by atoms with Crippen LogP contribution in [0, 0.1) is 0 Å². The van der Waals surface area contributed by atoms with Gasteiger partial charge in [0.2, 0.25) is 0 Å². The Bertz CT molecular complexity index is 1080. The van der Waals surface area contributed by atoms with E-state index in [-0.39, 0.29) is 5.91 Å². The molecule has 1 fully saturated rings. The zero-order valence-electron chi connectivity index (χ0n) is 13.9. The Hall–Kier alpha value is -2.70. The van der Waals surface area contributed by atoms with E-state index in [4.69, 9.17) is 17.0 Å². The zero-order valence-corrected chi connectivity index (χ0v) is 15.5. The number of carbonyl (C=O) groups is 1. The van der Waals surface area contributed by atoms with Crippen molar-refractivity contribution >= 4 is 51.1 Å². The number of rotatable bonds is 3. The number of nitrogens with zero attached hydrogens (tertiary/aromatic N) is 1. The molecule has 1 N–H and O–H groups in total. The van der Waals surface area contributed by atoms with Gasteiger partial charge < -0.3 is 10.1 Å². The minimum atomic E-state index is -0.166. The Balaban J connectivity index is 1.80. The summed E-state index contributed by atoms with van der Waals surface area (Å²) >= 11 is 6.30. The smallest absolute Gasteiger partial charge is 0.263 e. The van der Waals surface area contributed by atoms with E-state index in [1.165, 1.54) is 11.8 Å². The molecule has 128 valence electrons. The van der Waals surface area contributed by atoms with Crippen molar-refractivity contribution in [2.75, 3.05) is 7.11 Å². The molecule has 0 radical (unpaired) electrons. The average Bonchev–Trinajstić information content (AvgIpc) is 2.98. The van der Waals surface area contributed by atoms with Crippen molar-refractivity contribution in [3.8, 4) is 17.0 Å². The standard InChI is InChI=1S/C20H14N2O2S2/c1-24-17-7-6-12(9-18-19(23)22-20(25)26-18)8-15(17)16-10-13-4-2-3-5-14(13)11-21-16/h2-11H,1H3,(H,22,23,25)/b18-9-. The number of aromatic nitrogens is 1. The Morgan fingerprint density at radius 1 is 1.15 bits per heavy atom. The van der Waals surface area contributed by atoms with Gasteiger partial charge in [-0.3, -0.25) is 9.78 Å². The number of carbonyl (C=O) groups excluding carboxylic acids is 1. The molecular weight excluding hydrogens is 364 g/mol. The first-order valence-electron chi connectivity index (χ1n) is 7.92. The lowest BCUT2D eigenvalue weighted by Crippen LogP contribution is -2.17. The molecule has 4 rings (SSSR count). The van der Waals surface area contributed by atoms with Crippen molar-refractivity contribution in [1.29, 1.82) is 0 Å². The van der Waals surface area contributed by atoms with Crippen molar-refractivity contribution in [2.24, 2.45) is 0 Å². The van der Waals surface area contributed by atoms with Gasteiger partial charge in [-0.05, 0) is 35.2 Å². The highest BCUT2D eigenvalue weighted by molar-refractivity contribution is 8.26. The number of nitrogens with one attached hydrogen (secondary N) is 1. The summed E-state index contributed by atoms with van der Waals surface area (Å²) in [5.41, 5.74) is 2.58. The Kier molecular flexibility index (Phi) is 4.44. The normalized spacial score (nSPS) is 15.5. The fourth-order valence-electron chi connectivity index (χ4n) is 2.82. The fraction of sp³-hybridized carbons (Fsp3) is 0.0500. The van der Waals surface area contributed by atoms with Gasteiger partial charge in [0.05, 0.1) is 17.7 Å². The maximum atomic E-state index is 11.9. The van der Waals surface area contributed by atoms with Crippen LogP contribution < -0.4 is 10.1 Å². The number of methoxy groups -OCH3 is 1. The van der Waals surface area contributed by atoms with E-state index in [9.17, 15) is 4.79 Å². The van der Waals surface area contributed by atoms with Crippen molar-refractivity contribution < 1.29 is 9.53 Å². The van der Waals surface area contributed by atoms with Crippen LogP contribution in [0.15, 0.2) is 59.6 Å². The second-order valence-electron chi connectivity index (χ2n) is 5.73. The molecule has 0 saturated carbocycles. The third kappa shape index (κ3) is 3.21. The van der Waals surface area contributed by atoms with E-state index in [1.54, 1.807) is 7.11 Å². The highest BCUT2D eigenvalue weighted by Gasteiger charge is 2.22. The summed E-state index contributed by atoms with van der Waals surface area (Å²) in [6.45, 7) is 0. The largest absolute Gasteiger partial charge is 0.496 e. The van der Waals surface area contributed by atoms with Gasteiger partial charge in [-0.15, -0.1) is 0 Å². The molecule has 2 heterocycles. The van der Waals surface area contributed by atoms with Crippen molar-refractivity contribution in [3.05, 3.63) is 65.2 Å². The summed E-state index contributed by atoms with van der Waals surface area (Å²) < 4.78 is 5.99. The highest BCUT2D eigenvalue weighted by Crippen LogP contribution is 2.33. The van der Waals surface area contributed by atoms with Crippen molar-refractivity contribution in [1.82, 2.24) is 10.3 Å². The van der Waals surface area contributed by atoms with Gasteiger partial charge >= 0.3 is 0 Å². The molecule has 4 nitrogen and oxygen atoms in total. The topological polar surface area (TPSA) is 51.2 Å². The summed E-state index contributed by atoms with van der Waals surface area (Å²) in [6.07, 6.45) is 3.68. The van der Waals surface area contributed by atoms with E-state index in [1.807, 2.05) is 54.7 Å². The van der Waals surface area contributed by atoms with Crippen LogP contribution in [-0.4, -0.2) is 22.3 Å². The first-order valence-corrected chi connectivity index (χ1v) is 9.14. The van der Waals surface area contributed by atoms with Gasteiger partial charge in [-0.2, -0.15) is 0 Å². The Morgan fingerprint density at radius 2 is 1.96 bits per heavy atom. The number of thiocarbonyl (C=S) groups is 1. The van der Waals surface area contributed by atoms with E-state index in [2.05, 4.69) is 16.4 Å². The molecular formula is C20H14N2O2S2. The van der Waals surface area contributed by atoms with Crippen LogP contribution in [0.4, 0.5) is 0 Å². The van der Waals surface area contributed by atoms with Crippen molar-refractivity contribution in [2.45, 2.75) is 0 Å². The molecule has 1 saturated heterocycles. The molecule has 2 aromatic carbocycles. The van der Waals surface area contributed by atoms with Gasteiger partial charge in [0.1, 0.15) is 10.1 Å². The van der Waals surface area contributed by atoms with Crippen LogP contribution in [0.1, 0.15) is 5.56 Å².